The van der Waals surface area contributed by atoms with E-state index < -0.39 is 0 Å². The van der Waals surface area contributed by atoms with E-state index in [9.17, 15) is 4.79 Å². The van der Waals surface area contributed by atoms with Crippen molar-refractivity contribution in [3.63, 3.8) is 0 Å². The van der Waals surface area contributed by atoms with Crippen molar-refractivity contribution in [3.8, 4) is 0 Å². The van der Waals surface area contributed by atoms with E-state index in [-0.39, 0.29) is 17.4 Å². The average Bonchev–Trinajstić information content (AvgIpc) is 2.87. The zero-order valence-electron chi connectivity index (χ0n) is 12.8. The Labute approximate surface area is 121 Å². The SMILES string of the molecule is CC(C)(C)CC(=O)N(CC1CCCO1)c1ccccc1. The van der Waals surface area contributed by atoms with Crippen molar-refractivity contribution in [1.29, 1.82) is 0 Å². The molecule has 0 aromatic heterocycles. The summed E-state index contributed by atoms with van der Waals surface area (Å²) in [5.74, 6) is 0.180. The molecule has 2 rings (SSSR count). The number of rotatable bonds is 4. The smallest absolute Gasteiger partial charge is 0.227 e. The third-order valence-corrected chi connectivity index (χ3v) is 3.46. The number of ether oxygens (including phenoxy) is 1. The van der Waals surface area contributed by atoms with Crippen LogP contribution in [-0.2, 0) is 9.53 Å². The fourth-order valence-corrected chi connectivity index (χ4v) is 2.50. The molecule has 1 aliphatic rings. The Hall–Kier alpha value is -1.35. The lowest BCUT2D eigenvalue weighted by atomic mass is 9.91. The Kier molecular flexibility index (Phi) is 4.81. The second kappa shape index (κ2) is 6.40. The standard InChI is InChI=1S/C17H25NO2/c1-17(2,3)12-16(19)18(13-15-10-7-11-20-15)14-8-5-4-6-9-14/h4-6,8-9,15H,7,10-13H2,1-3H3. The molecule has 0 saturated carbocycles. The van der Waals surface area contributed by atoms with E-state index in [2.05, 4.69) is 20.8 Å². The minimum Gasteiger partial charge on any atom is -0.376 e. The number of amides is 1. The van der Waals surface area contributed by atoms with Crippen LogP contribution in [0.2, 0.25) is 0 Å². The average molecular weight is 275 g/mol. The highest BCUT2D eigenvalue weighted by Gasteiger charge is 2.26. The maximum absolute atomic E-state index is 12.6. The molecule has 1 heterocycles. The van der Waals surface area contributed by atoms with Gasteiger partial charge in [0.25, 0.3) is 0 Å². The molecular formula is C17H25NO2. The molecule has 3 heteroatoms. The number of hydrogen-bond acceptors (Lipinski definition) is 2. The minimum absolute atomic E-state index is 0.000642. The van der Waals surface area contributed by atoms with Gasteiger partial charge in [-0.2, -0.15) is 0 Å². The van der Waals surface area contributed by atoms with Gasteiger partial charge in [0, 0.05) is 18.7 Å². The van der Waals surface area contributed by atoms with E-state index in [0.29, 0.717) is 13.0 Å². The third-order valence-electron chi connectivity index (χ3n) is 3.46. The zero-order chi connectivity index (χ0) is 14.6. The lowest BCUT2D eigenvalue weighted by Crippen LogP contribution is -2.39. The Morgan fingerprint density at radius 1 is 1.30 bits per heavy atom. The summed E-state index contributed by atoms with van der Waals surface area (Å²) in [5.41, 5.74) is 0.970. The lowest BCUT2D eigenvalue weighted by Gasteiger charge is -2.28. The van der Waals surface area contributed by atoms with Gasteiger partial charge in [-0.15, -0.1) is 0 Å². The van der Waals surface area contributed by atoms with E-state index in [1.54, 1.807) is 0 Å². The Bertz CT molecular complexity index is 430. The van der Waals surface area contributed by atoms with Gasteiger partial charge in [0.15, 0.2) is 0 Å². The van der Waals surface area contributed by atoms with Crippen molar-refractivity contribution in [2.75, 3.05) is 18.1 Å². The predicted molar refractivity (Wildman–Crippen MR) is 81.8 cm³/mol. The molecule has 1 amide bonds. The summed E-state index contributed by atoms with van der Waals surface area (Å²) in [6.45, 7) is 7.78. The van der Waals surface area contributed by atoms with Gasteiger partial charge in [-0.25, -0.2) is 0 Å². The Morgan fingerprint density at radius 2 is 2.00 bits per heavy atom. The molecular weight excluding hydrogens is 250 g/mol. The van der Waals surface area contributed by atoms with Crippen molar-refractivity contribution < 1.29 is 9.53 Å². The number of anilines is 1. The summed E-state index contributed by atoms with van der Waals surface area (Å²) in [5, 5.41) is 0. The number of carbonyl (C=O) groups is 1. The van der Waals surface area contributed by atoms with Crippen LogP contribution in [0, 0.1) is 5.41 Å². The first-order valence-electron chi connectivity index (χ1n) is 7.43. The lowest BCUT2D eigenvalue weighted by molar-refractivity contribution is -0.120. The summed E-state index contributed by atoms with van der Waals surface area (Å²) in [7, 11) is 0. The molecule has 0 N–H and O–H groups in total. The Morgan fingerprint density at radius 3 is 2.55 bits per heavy atom. The number of carbonyl (C=O) groups excluding carboxylic acids is 1. The second-order valence-corrected chi connectivity index (χ2v) is 6.71. The quantitative estimate of drug-likeness (QED) is 0.839. The monoisotopic (exact) mass is 275 g/mol. The van der Waals surface area contributed by atoms with Crippen LogP contribution in [0.3, 0.4) is 0 Å². The molecule has 0 aliphatic carbocycles. The molecule has 0 radical (unpaired) electrons. The summed E-state index contributed by atoms with van der Waals surface area (Å²) < 4.78 is 5.69. The van der Waals surface area contributed by atoms with Crippen LogP contribution >= 0.6 is 0 Å². The van der Waals surface area contributed by atoms with Gasteiger partial charge in [-0.1, -0.05) is 39.0 Å². The van der Waals surface area contributed by atoms with Crippen molar-refractivity contribution in [2.24, 2.45) is 5.41 Å². The molecule has 1 atom stereocenters. The first-order valence-corrected chi connectivity index (χ1v) is 7.43. The fraction of sp³-hybridized carbons (Fsp3) is 0.588. The van der Waals surface area contributed by atoms with Crippen molar-refractivity contribution in [2.45, 2.75) is 46.1 Å². The van der Waals surface area contributed by atoms with E-state index in [1.165, 1.54) is 0 Å². The number of benzene rings is 1. The normalized spacial score (nSPS) is 19.1. The van der Waals surface area contributed by atoms with Gasteiger partial charge in [0.1, 0.15) is 0 Å². The number of hydrogen-bond donors (Lipinski definition) is 0. The molecule has 1 fully saturated rings. The molecule has 1 saturated heterocycles. The van der Waals surface area contributed by atoms with Gasteiger partial charge < -0.3 is 9.64 Å². The van der Waals surface area contributed by atoms with E-state index in [1.807, 2.05) is 35.2 Å². The van der Waals surface area contributed by atoms with E-state index >= 15 is 0 Å². The summed E-state index contributed by atoms with van der Waals surface area (Å²) in [4.78, 5) is 14.5. The number of nitrogens with zero attached hydrogens (tertiary/aromatic N) is 1. The molecule has 1 aromatic rings. The highest BCUT2D eigenvalue weighted by atomic mass is 16.5. The fourth-order valence-electron chi connectivity index (χ4n) is 2.50. The van der Waals surface area contributed by atoms with Crippen molar-refractivity contribution in [1.82, 2.24) is 0 Å². The first-order chi connectivity index (χ1) is 9.46. The second-order valence-electron chi connectivity index (χ2n) is 6.71. The van der Waals surface area contributed by atoms with Crippen molar-refractivity contribution in [3.05, 3.63) is 30.3 Å². The summed E-state index contributed by atoms with van der Waals surface area (Å²) in [6, 6.07) is 9.91. The minimum atomic E-state index is 0.000642. The van der Waals surface area contributed by atoms with Gasteiger partial charge in [-0.3, -0.25) is 4.79 Å². The highest BCUT2D eigenvalue weighted by Crippen LogP contribution is 2.25. The van der Waals surface area contributed by atoms with Crippen molar-refractivity contribution >= 4 is 11.6 Å². The van der Waals surface area contributed by atoms with Crippen LogP contribution in [0.15, 0.2) is 30.3 Å². The van der Waals surface area contributed by atoms with Crippen LogP contribution in [0.25, 0.3) is 0 Å². The Balaban J connectivity index is 2.13. The molecule has 0 bridgehead atoms. The molecule has 110 valence electrons. The maximum Gasteiger partial charge on any atom is 0.227 e. The number of para-hydroxylation sites is 1. The third kappa shape index (κ3) is 4.34. The molecule has 20 heavy (non-hydrogen) atoms. The van der Waals surface area contributed by atoms with Gasteiger partial charge in [0.2, 0.25) is 5.91 Å². The zero-order valence-corrected chi connectivity index (χ0v) is 12.8. The molecule has 1 aromatic carbocycles. The molecule has 3 nitrogen and oxygen atoms in total. The van der Waals surface area contributed by atoms with Crippen LogP contribution in [0.1, 0.15) is 40.0 Å². The maximum atomic E-state index is 12.6. The molecule has 1 aliphatic heterocycles. The van der Waals surface area contributed by atoms with Crippen LogP contribution < -0.4 is 4.90 Å². The highest BCUT2D eigenvalue weighted by molar-refractivity contribution is 5.93. The summed E-state index contributed by atoms with van der Waals surface area (Å²) in [6.07, 6.45) is 2.88. The van der Waals surface area contributed by atoms with Crippen LogP contribution in [0.4, 0.5) is 5.69 Å². The van der Waals surface area contributed by atoms with E-state index in [0.717, 1.165) is 25.1 Å². The largest absolute Gasteiger partial charge is 0.376 e. The molecule has 0 spiro atoms. The summed E-state index contributed by atoms with van der Waals surface area (Å²) >= 11 is 0. The topological polar surface area (TPSA) is 29.5 Å². The van der Waals surface area contributed by atoms with E-state index in [4.69, 9.17) is 4.74 Å². The first kappa shape index (κ1) is 15.0. The predicted octanol–water partition coefficient (Wildman–Crippen LogP) is 3.63. The van der Waals surface area contributed by atoms with Crippen LogP contribution in [-0.4, -0.2) is 25.2 Å². The van der Waals surface area contributed by atoms with Crippen LogP contribution in [0.5, 0.6) is 0 Å². The van der Waals surface area contributed by atoms with Gasteiger partial charge >= 0.3 is 0 Å². The van der Waals surface area contributed by atoms with Gasteiger partial charge in [0.05, 0.1) is 12.6 Å². The van der Waals surface area contributed by atoms with Gasteiger partial charge in [-0.05, 0) is 30.4 Å². The molecule has 1 unspecified atom stereocenters.